The predicted molar refractivity (Wildman–Crippen MR) is 68.6 cm³/mol. The Morgan fingerprint density at radius 1 is 1.47 bits per heavy atom. The highest BCUT2D eigenvalue weighted by atomic mass is 32.2. The predicted octanol–water partition coefficient (Wildman–Crippen LogP) is 3.79. The van der Waals surface area contributed by atoms with Crippen LogP contribution in [0.4, 0.5) is 5.82 Å². The van der Waals surface area contributed by atoms with Crippen LogP contribution in [0.15, 0.2) is 23.2 Å². The Balaban J connectivity index is 2.57. The molecule has 1 aromatic rings. The lowest BCUT2D eigenvalue weighted by atomic mass is 10.4. The van der Waals surface area contributed by atoms with Crippen molar-refractivity contribution in [1.29, 1.82) is 0 Å². The van der Waals surface area contributed by atoms with E-state index in [2.05, 4.69) is 43.2 Å². The van der Waals surface area contributed by atoms with E-state index in [-0.39, 0.29) is 0 Å². The molecule has 0 saturated carbocycles. The molecule has 0 saturated heterocycles. The molecule has 0 aliphatic heterocycles. The fourth-order valence-corrected chi connectivity index (χ4v) is 2.10. The zero-order valence-electron chi connectivity index (χ0n) is 9.79. The Kier molecular flexibility index (Phi) is 5.54. The van der Waals surface area contributed by atoms with E-state index in [1.54, 1.807) is 0 Å². The van der Waals surface area contributed by atoms with Crippen LogP contribution in [0.1, 0.15) is 33.6 Å². The highest BCUT2D eigenvalue weighted by Gasteiger charge is 2.02. The van der Waals surface area contributed by atoms with Gasteiger partial charge in [-0.25, -0.2) is 4.98 Å². The van der Waals surface area contributed by atoms with Gasteiger partial charge in [-0.2, -0.15) is 0 Å². The molecule has 1 atom stereocenters. The van der Waals surface area contributed by atoms with E-state index in [4.69, 9.17) is 0 Å². The largest absolute Gasteiger partial charge is 0.370 e. The Morgan fingerprint density at radius 2 is 2.27 bits per heavy atom. The summed E-state index contributed by atoms with van der Waals surface area (Å²) >= 11 is 1.91. The van der Waals surface area contributed by atoms with Crippen LogP contribution in [0, 0.1) is 0 Å². The van der Waals surface area contributed by atoms with Gasteiger partial charge in [0, 0.05) is 22.9 Å². The summed E-state index contributed by atoms with van der Waals surface area (Å²) in [6.45, 7) is 7.62. The van der Waals surface area contributed by atoms with Crippen molar-refractivity contribution >= 4 is 17.6 Å². The lowest BCUT2D eigenvalue weighted by Crippen LogP contribution is -2.01. The highest BCUT2D eigenvalue weighted by molar-refractivity contribution is 7.99. The van der Waals surface area contributed by atoms with Crippen LogP contribution < -0.4 is 5.32 Å². The molecule has 0 bridgehead atoms. The number of aromatic nitrogens is 1. The quantitative estimate of drug-likeness (QED) is 0.744. The minimum absolute atomic E-state index is 0.673. The average Bonchev–Trinajstić information content (AvgIpc) is 2.26. The summed E-state index contributed by atoms with van der Waals surface area (Å²) in [4.78, 5) is 5.59. The number of thioether (sulfide) groups is 1. The minimum Gasteiger partial charge on any atom is -0.370 e. The summed E-state index contributed by atoms with van der Waals surface area (Å²) in [6, 6.07) is 4.21. The molecule has 0 aliphatic rings. The lowest BCUT2D eigenvalue weighted by Gasteiger charge is -2.09. The topological polar surface area (TPSA) is 24.9 Å². The number of hydrogen-bond acceptors (Lipinski definition) is 3. The van der Waals surface area contributed by atoms with Gasteiger partial charge >= 0.3 is 0 Å². The third-order valence-electron chi connectivity index (χ3n) is 2.20. The zero-order valence-corrected chi connectivity index (χ0v) is 10.6. The smallest absolute Gasteiger partial charge is 0.126 e. The average molecular weight is 224 g/mol. The van der Waals surface area contributed by atoms with Crippen molar-refractivity contribution < 1.29 is 0 Å². The summed E-state index contributed by atoms with van der Waals surface area (Å²) in [5.41, 5.74) is 0. The summed E-state index contributed by atoms with van der Waals surface area (Å²) in [6.07, 6.45) is 4.21. The second-order valence-electron chi connectivity index (χ2n) is 3.64. The normalized spacial score (nSPS) is 12.5. The molecule has 0 aliphatic carbocycles. The van der Waals surface area contributed by atoms with Crippen LogP contribution in [-0.4, -0.2) is 16.8 Å². The van der Waals surface area contributed by atoms with Gasteiger partial charge < -0.3 is 5.32 Å². The first-order valence-corrected chi connectivity index (χ1v) is 6.50. The Morgan fingerprint density at radius 3 is 2.93 bits per heavy atom. The summed E-state index contributed by atoms with van der Waals surface area (Å²) < 4.78 is 0. The molecule has 0 amide bonds. The van der Waals surface area contributed by atoms with Gasteiger partial charge in [0.05, 0.1) is 0 Å². The number of nitrogens with one attached hydrogen (secondary N) is 1. The van der Waals surface area contributed by atoms with Crippen LogP contribution in [0.2, 0.25) is 0 Å². The van der Waals surface area contributed by atoms with E-state index in [0.29, 0.717) is 5.25 Å². The zero-order chi connectivity index (χ0) is 11.1. The fourth-order valence-electron chi connectivity index (χ4n) is 1.15. The number of hydrogen-bond donors (Lipinski definition) is 1. The van der Waals surface area contributed by atoms with Gasteiger partial charge in [0.2, 0.25) is 0 Å². The van der Waals surface area contributed by atoms with E-state index in [9.17, 15) is 0 Å². The summed E-state index contributed by atoms with van der Waals surface area (Å²) in [5, 5.41) is 3.97. The van der Waals surface area contributed by atoms with Gasteiger partial charge in [0.1, 0.15) is 5.82 Å². The second kappa shape index (κ2) is 6.72. The van der Waals surface area contributed by atoms with Crippen molar-refractivity contribution in [3.05, 3.63) is 18.3 Å². The number of anilines is 1. The molecule has 3 heteroatoms. The molecule has 2 nitrogen and oxygen atoms in total. The maximum absolute atomic E-state index is 4.29. The Labute approximate surface area is 96.9 Å². The molecule has 1 aromatic heterocycles. The summed E-state index contributed by atoms with van der Waals surface area (Å²) in [5.74, 6) is 0.991. The SMILES string of the molecule is CCCNc1cc(SC(C)CC)ccn1. The van der Waals surface area contributed by atoms with Crippen molar-refractivity contribution in [1.82, 2.24) is 4.98 Å². The summed E-state index contributed by atoms with van der Waals surface area (Å²) in [7, 11) is 0. The Hall–Kier alpha value is -0.700. The van der Waals surface area contributed by atoms with Crippen LogP contribution >= 0.6 is 11.8 Å². The third kappa shape index (κ3) is 4.56. The monoisotopic (exact) mass is 224 g/mol. The van der Waals surface area contributed by atoms with Crippen LogP contribution in [0.25, 0.3) is 0 Å². The minimum atomic E-state index is 0.673. The molecule has 1 N–H and O–H groups in total. The van der Waals surface area contributed by atoms with Crippen molar-refractivity contribution in [3.8, 4) is 0 Å². The van der Waals surface area contributed by atoms with E-state index in [1.807, 2.05) is 18.0 Å². The van der Waals surface area contributed by atoms with Crippen molar-refractivity contribution in [2.45, 2.75) is 43.8 Å². The Bertz CT molecular complexity index is 289. The van der Waals surface area contributed by atoms with Crippen LogP contribution in [0.3, 0.4) is 0 Å². The molecular formula is C12H20N2S. The van der Waals surface area contributed by atoms with Gasteiger partial charge in [-0.05, 0) is 25.0 Å². The molecule has 84 valence electrons. The molecular weight excluding hydrogens is 204 g/mol. The molecule has 15 heavy (non-hydrogen) atoms. The second-order valence-corrected chi connectivity index (χ2v) is 5.15. The number of nitrogens with zero attached hydrogens (tertiary/aromatic N) is 1. The van der Waals surface area contributed by atoms with Crippen LogP contribution in [0.5, 0.6) is 0 Å². The maximum Gasteiger partial charge on any atom is 0.126 e. The maximum atomic E-state index is 4.29. The first kappa shape index (κ1) is 12.4. The number of rotatable bonds is 6. The van der Waals surface area contributed by atoms with E-state index < -0.39 is 0 Å². The fraction of sp³-hybridized carbons (Fsp3) is 0.583. The van der Waals surface area contributed by atoms with Crippen LogP contribution in [-0.2, 0) is 0 Å². The van der Waals surface area contributed by atoms with Gasteiger partial charge in [0.15, 0.2) is 0 Å². The lowest BCUT2D eigenvalue weighted by molar-refractivity contribution is 0.905. The highest BCUT2D eigenvalue weighted by Crippen LogP contribution is 2.25. The molecule has 0 aromatic carbocycles. The first-order chi connectivity index (χ1) is 7.26. The van der Waals surface area contributed by atoms with Crippen molar-refractivity contribution in [2.75, 3.05) is 11.9 Å². The van der Waals surface area contributed by atoms with Gasteiger partial charge in [-0.15, -0.1) is 11.8 Å². The standard InChI is InChI=1S/C12H20N2S/c1-4-7-13-12-9-11(6-8-14-12)15-10(3)5-2/h6,8-10H,4-5,7H2,1-3H3,(H,13,14). The van der Waals surface area contributed by atoms with Gasteiger partial charge in [0.25, 0.3) is 0 Å². The molecule has 1 unspecified atom stereocenters. The third-order valence-corrected chi connectivity index (χ3v) is 3.46. The van der Waals surface area contributed by atoms with E-state index in [1.165, 1.54) is 11.3 Å². The van der Waals surface area contributed by atoms with Gasteiger partial charge in [-0.3, -0.25) is 0 Å². The van der Waals surface area contributed by atoms with Gasteiger partial charge in [-0.1, -0.05) is 20.8 Å². The number of pyridine rings is 1. The first-order valence-electron chi connectivity index (χ1n) is 5.62. The van der Waals surface area contributed by atoms with E-state index >= 15 is 0 Å². The van der Waals surface area contributed by atoms with Crippen molar-refractivity contribution in [3.63, 3.8) is 0 Å². The molecule has 0 spiro atoms. The molecule has 0 fully saturated rings. The molecule has 0 radical (unpaired) electrons. The van der Waals surface area contributed by atoms with E-state index in [0.717, 1.165) is 18.8 Å². The van der Waals surface area contributed by atoms with Crippen molar-refractivity contribution in [2.24, 2.45) is 0 Å². The molecule has 1 rings (SSSR count). The molecule has 1 heterocycles.